The zero-order valence-corrected chi connectivity index (χ0v) is 17.2. The van der Waals surface area contributed by atoms with Gasteiger partial charge in [-0.25, -0.2) is 0 Å². The van der Waals surface area contributed by atoms with E-state index in [9.17, 15) is 9.59 Å². The van der Waals surface area contributed by atoms with Gasteiger partial charge in [0.05, 0.1) is 10.4 Å². The van der Waals surface area contributed by atoms with Crippen LogP contribution in [0.2, 0.25) is 10.0 Å². The number of pyridine rings is 1. The molecule has 0 aliphatic carbocycles. The van der Waals surface area contributed by atoms with Crippen molar-refractivity contribution in [1.29, 1.82) is 0 Å². The van der Waals surface area contributed by atoms with Crippen LogP contribution < -0.4 is 5.56 Å². The van der Waals surface area contributed by atoms with Crippen LogP contribution in [0.5, 0.6) is 0 Å². The lowest BCUT2D eigenvalue weighted by atomic mass is 10.0. The highest BCUT2D eigenvalue weighted by atomic mass is 79.9. The molecule has 0 radical (unpaired) electrons. The summed E-state index contributed by atoms with van der Waals surface area (Å²) in [5.41, 5.74) is 3.07. The molecular weight excluding hydrogens is 451 g/mol. The second kappa shape index (κ2) is 6.82. The lowest BCUT2D eigenvalue weighted by Crippen LogP contribution is -2.19. The number of nitrogens with zero attached hydrogens (tertiary/aromatic N) is 1. The van der Waals surface area contributed by atoms with Crippen molar-refractivity contribution < 1.29 is 4.79 Å². The van der Waals surface area contributed by atoms with Crippen molar-refractivity contribution in [2.24, 2.45) is 7.05 Å². The molecule has 27 heavy (non-hydrogen) atoms. The van der Waals surface area contributed by atoms with E-state index in [-0.39, 0.29) is 16.7 Å². The van der Waals surface area contributed by atoms with E-state index >= 15 is 0 Å². The Morgan fingerprint density at radius 1 is 1.07 bits per heavy atom. The molecule has 0 aliphatic heterocycles. The predicted octanol–water partition coefficient (Wildman–Crippen LogP) is 5.57. The number of fused-ring (bicyclic) bond motifs is 3. The fourth-order valence-electron chi connectivity index (χ4n) is 3.25. The highest BCUT2D eigenvalue weighted by molar-refractivity contribution is 9.09. The standard InChI is InChI=1S/C20H13BrCl2N2O2/c1-25-19-14(13-6-10(18(26)9-21)2-5-17(13)24-19)8-15(20(25)27)12-4-3-11(22)7-16(12)23/h2-8,24H,9H2,1H3. The van der Waals surface area contributed by atoms with Gasteiger partial charge in [0.25, 0.3) is 5.56 Å². The first-order chi connectivity index (χ1) is 12.9. The summed E-state index contributed by atoms with van der Waals surface area (Å²) in [6, 6.07) is 12.3. The molecule has 0 saturated carbocycles. The number of halogens is 3. The Kier molecular flexibility index (Phi) is 4.62. The minimum Gasteiger partial charge on any atom is -0.341 e. The summed E-state index contributed by atoms with van der Waals surface area (Å²) >= 11 is 15.5. The van der Waals surface area contributed by atoms with Gasteiger partial charge < -0.3 is 4.98 Å². The summed E-state index contributed by atoms with van der Waals surface area (Å²) in [6.07, 6.45) is 0. The summed E-state index contributed by atoms with van der Waals surface area (Å²) < 4.78 is 1.56. The molecule has 4 aromatic rings. The molecule has 0 spiro atoms. The fraction of sp³-hybridized carbons (Fsp3) is 0.100. The molecule has 136 valence electrons. The number of carbonyl (C=O) groups is 1. The van der Waals surface area contributed by atoms with Gasteiger partial charge in [-0.2, -0.15) is 0 Å². The molecule has 2 aromatic carbocycles. The molecule has 0 aliphatic rings. The normalized spacial score (nSPS) is 11.4. The number of aromatic amines is 1. The lowest BCUT2D eigenvalue weighted by molar-refractivity contribution is 0.102. The van der Waals surface area contributed by atoms with Gasteiger partial charge >= 0.3 is 0 Å². The van der Waals surface area contributed by atoms with E-state index in [1.165, 1.54) is 0 Å². The number of ketones is 1. The zero-order valence-electron chi connectivity index (χ0n) is 14.1. The number of hydrogen-bond acceptors (Lipinski definition) is 2. The summed E-state index contributed by atoms with van der Waals surface area (Å²) in [5, 5.41) is 2.89. The van der Waals surface area contributed by atoms with E-state index in [1.807, 2.05) is 18.2 Å². The summed E-state index contributed by atoms with van der Waals surface area (Å²) in [4.78, 5) is 28.2. The molecule has 0 fully saturated rings. The minimum absolute atomic E-state index is 0.00274. The van der Waals surface area contributed by atoms with Crippen LogP contribution in [0, 0.1) is 0 Å². The third-order valence-corrected chi connectivity index (χ3v) is 5.70. The summed E-state index contributed by atoms with van der Waals surface area (Å²) in [7, 11) is 1.71. The summed E-state index contributed by atoms with van der Waals surface area (Å²) in [5.74, 6) is -0.00274. The van der Waals surface area contributed by atoms with Crippen LogP contribution >= 0.6 is 39.1 Å². The maximum absolute atomic E-state index is 12.9. The molecule has 7 heteroatoms. The molecule has 0 atom stereocenters. The average molecular weight is 464 g/mol. The van der Waals surface area contributed by atoms with E-state index in [2.05, 4.69) is 20.9 Å². The molecule has 0 saturated heterocycles. The van der Waals surface area contributed by atoms with Gasteiger partial charge in [0.2, 0.25) is 0 Å². The first kappa shape index (κ1) is 18.3. The maximum atomic E-state index is 12.9. The lowest BCUT2D eigenvalue weighted by Gasteiger charge is -2.08. The SMILES string of the molecule is Cn1c(=O)c(-c2ccc(Cl)cc2Cl)cc2c3cc(C(=O)CBr)ccc3[nH]c21. The van der Waals surface area contributed by atoms with E-state index < -0.39 is 0 Å². The number of aromatic nitrogens is 2. The van der Waals surface area contributed by atoms with Gasteiger partial charge in [-0.15, -0.1) is 0 Å². The topological polar surface area (TPSA) is 54.9 Å². The Morgan fingerprint density at radius 2 is 1.85 bits per heavy atom. The fourth-order valence-corrected chi connectivity index (χ4v) is 4.08. The largest absolute Gasteiger partial charge is 0.341 e. The van der Waals surface area contributed by atoms with Gasteiger partial charge in [-0.1, -0.05) is 45.2 Å². The van der Waals surface area contributed by atoms with Crippen molar-refractivity contribution in [2.45, 2.75) is 0 Å². The smallest absolute Gasteiger partial charge is 0.259 e. The van der Waals surface area contributed by atoms with E-state index in [0.29, 0.717) is 32.4 Å². The number of Topliss-reactive ketones (excluding diaryl/α,β-unsaturated/α-hetero) is 1. The van der Waals surface area contributed by atoms with Crippen molar-refractivity contribution in [3.8, 4) is 11.1 Å². The molecule has 0 unspecified atom stereocenters. The highest BCUT2D eigenvalue weighted by Gasteiger charge is 2.16. The quantitative estimate of drug-likeness (QED) is 0.319. The van der Waals surface area contributed by atoms with Crippen LogP contribution in [0.3, 0.4) is 0 Å². The zero-order chi connectivity index (χ0) is 19.3. The third-order valence-electron chi connectivity index (χ3n) is 4.64. The number of rotatable bonds is 3. The Labute approximate surface area is 172 Å². The Bertz CT molecular complexity index is 1290. The van der Waals surface area contributed by atoms with Gasteiger partial charge in [0.15, 0.2) is 5.78 Å². The van der Waals surface area contributed by atoms with E-state index in [0.717, 1.165) is 16.3 Å². The number of H-pyrrole nitrogens is 1. The van der Waals surface area contributed by atoms with Gasteiger partial charge in [0, 0.05) is 45.0 Å². The van der Waals surface area contributed by atoms with Crippen LogP contribution in [0.25, 0.3) is 33.1 Å². The Hall–Kier alpha value is -2.08. The molecular formula is C20H13BrCl2N2O2. The maximum Gasteiger partial charge on any atom is 0.259 e. The van der Waals surface area contributed by atoms with Crippen LogP contribution in [0.1, 0.15) is 10.4 Å². The van der Waals surface area contributed by atoms with Crippen molar-refractivity contribution >= 4 is 66.9 Å². The van der Waals surface area contributed by atoms with Crippen molar-refractivity contribution in [3.63, 3.8) is 0 Å². The second-order valence-electron chi connectivity index (χ2n) is 6.25. The number of aryl methyl sites for hydroxylation is 1. The van der Waals surface area contributed by atoms with Crippen molar-refractivity contribution in [3.05, 3.63) is 68.4 Å². The number of alkyl halides is 1. The van der Waals surface area contributed by atoms with Crippen LogP contribution in [0.4, 0.5) is 0 Å². The molecule has 0 amide bonds. The molecule has 2 heterocycles. The molecule has 1 N–H and O–H groups in total. The predicted molar refractivity (Wildman–Crippen MR) is 115 cm³/mol. The van der Waals surface area contributed by atoms with Crippen LogP contribution in [-0.2, 0) is 7.05 Å². The first-order valence-corrected chi connectivity index (χ1v) is 9.98. The minimum atomic E-state index is -0.171. The van der Waals surface area contributed by atoms with Crippen LogP contribution in [-0.4, -0.2) is 20.7 Å². The monoisotopic (exact) mass is 462 g/mol. The van der Waals surface area contributed by atoms with Crippen molar-refractivity contribution in [2.75, 3.05) is 5.33 Å². The van der Waals surface area contributed by atoms with E-state index in [4.69, 9.17) is 23.2 Å². The van der Waals surface area contributed by atoms with Crippen LogP contribution in [0.15, 0.2) is 47.3 Å². The van der Waals surface area contributed by atoms with Gasteiger partial charge in [-0.3, -0.25) is 14.2 Å². The van der Waals surface area contributed by atoms with Gasteiger partial charge in [0.1, 0.15) is 5.65 Å². The summed E-state index contributed by atoms with van der Waals surface area (Å²) in [6.45, 7) is 0. The second-order valence-corrected chi connectivity index (χ2v) is 7.66. The van der Waals surface area contributed by atoms with Crippen molar-refractivity contribution in [1.82, 2.24) is 9.55 Å². The molecule has 4 rings (SSSR count). The molecule has 2 aromatic heterocycles. The Morgan fingerprint density at radius 3 is 2.56 bits per heavy atom. The number of hydrogen-bond donors (Lipinski definition) is 1. The highest BCUT2D eigenvalue weighted by Crippen LogP contribution is 2.32. The Balaban J connectivity index is 2.07. The number of benzene rings is 2. The molecule has 0 bridgehead atoms. The number of carbonyl (C=O) groups excluding carboxylic acids is 1. The van der Waals surface area contributed by atoms with E-state index in [1.54, 1.807) is 35.9 Å². The molecule has 4 nitrogen and oxygen atoms in total. The average Bonchev–Trinajstić information content (AvgIpc) is 3.02. The first-order valence-electron chi connectivity index (χ1n) is 8.10. The number of nitrogens with one attached hydrogen (secondary N) is 1. The van der Waals surface area contributed by atoms with Gasteiger partial charge in [-0.05, 0) is 36.4 Å². The third kappa shape index (κ3) is 3.00.